The number of hydrogen-bond donors (Lipinski definition) is 0. The van der Waals surface area contributed by atoms with Crippen molar-refractivity contribution in [2.45, 2.75) is 103 Å². The zero-order chi connectivity index (χ0) is 18.9. The topological polar surface area (TPSA) is 0 Å². The molecule has 0 aliphatic rings. The zero-order valence-electron chi connectivity index (χ0n) is 20.6. The minimum absolute atomic E-state index is 0. The number of unbranched alkanes of at least 4 members (excludes halogenated alkanes) is 13. The molecule has 0 N–H and O–H groups in total. The van der Waals surface area contributed by atoms with Crippen LogP contribution in [0.25, 0.3) is 0 Å². The van der Waals surface area contributed by atoms with Gasteiger partial charge in [-0.15, -0.1) is 12.4 Å². The summed E-state index contributed by atoms with van der Waals surface area (Å²) in [6, 6.07) is 10.9. The maximum atomic E-state index is 2.37. The van der Waals surface area contributed by atoms with Gasteiger partial charge in [-0.25, -0.2) is 0 Å². The Balaban J connectivity index is -0.00000225. The summed E-state index contributed by atoms with van der Waals surface area (Å²) < 4.78 is 1.11. The van der Waals surface area contributed by atoms with Crippen LogP contribution in [0.5, 0.6) is 0 Å². The summed E-state index contributed by atoms with van der Waals surface area (Å²) >= 11 is 0. The van der Waals surface area contributed by atoms with Crippen molar-refractivity contribution in [2.75, 3.05) is 20.6 Å². The first-order chi connectivity index (χ1) is 12.6. The Morgan fingerprint density at radius 2 is 1.04 bits per heavy atom. The SMILES string of the molecule is CCCCCCCCCCCCCCCC[N+](C)(C)Cc1ccccc1.Cl.[H-].[Na+]. The van der Waals surface area contributed by atoms with Gasteiger partial charge in [0.15, 0.2) is 0 Å². The third kappa shape index (κ3) is 18.5. The van der Waals surface area contributed by atoms with E-state index in [-0.39, 0.29) is 43.4 Å². The number of rotatable bonds is 17. The third-order valence-corrected chi connectivity index (χ3v) is 5.57. The summed E-state index contributed by atoms with van der Waals surface area (Å²) in [4.78, 5) is 0. The second-order valence-electron chi connectivity index (χ2n) is 8.90. The standard InChI is InChI=1S/C25H46N.ClH.Na.H/c1-4-5-6-7-8-9-10-11-12-13-14-15-16-20-23-26(2,3)24-25-21-18-17-19-22-25;;;/h17-19,21-22H,4-16,20,23-24H2,1-3H3;1H;;/q+1;;+1;-1. The second kappa shape index (κ2) is 20.7. The van der Waals surface area contributed by atoms with Gasteiger partial charge in [0, 0.05) is 5.56 Å². The molecule has 0 aromatic heterocycles. The summed E-state index contributed by atoms with van der Waals surface area (Å²) in [6.45, 7) is 4.75. The average Bonchev–Trinajstić information content (AvgIpc) is 2.62. The molecule has 3 heteroatoms. The molecule has 160 valence electrons. The molecule has 0 heterocycles. The van der Waals surface area contributed by atoms with E-state index in [2.05, 4.69) is 51.4 Å². The molecule has 0 fully saturated rings. The van der Waals surface area contributed by atoms with Crippen molar-refractivity contribution in [1.82, 2.24) is 0 Å². The van der Waals surface area contributed by atoms with E-state index in [1.54, 1.807) is 0 Å². The molecule has 0 bridgehead atoms. The van der Waals surface area contributed by atoms with Crippen molar-refractivity contribution in [3.63, 3.8) is 0 Å². The van der Waals surface area contributed by atoms with E-state index in [0.29, 0.717) is 0 Å². The number of benzene rings is 1. The molecule has 28 heavy (non-hydrogen) atoms. The Bertz CT molecular complexity index is 428. The average molecular weight is 421 g/mol. The molecule has 0 saturated carbocycles. The molecule has 0 amide bonds. The molecule has 1 aromatic rings. The normalized spacial score (nSPS) is 11.0. The number of halogens is 1. The minimum Gasteiger partial charge on any atom is -1.00 e. The van der Waals surface area contributed by atoms with Gasteiger partial charge in [-0.3, -0.25) is 0 Å². The predicted molar refractivity (Wildman–Crippen MR) is 126 cm³/mol. The van der Waals surface area contributed by atoms with Gasteiger partial charge in [0.1, 0.15) is 6.54 Å². The van der Waals surface area contributed by atoms with Crippen molar-refractivity contribution in [2.24, 2.45) is 0 Å². The number of quaternary nitrogens is 1. The Morgan fingerprint density at radius 3 is 1.46 bits per heavy atom. The van der Waals surface area contributed by atoms with Crippen molar-refractivity contribution in [3.05, 3.63) is 35.9 Å². The third-order valence-electron chi connectivity index (χ3n) is 5.57. The van der Waals surface area contributed by atoms with Crippen LogP contribution >= 0.6 is 12.4 Å². The molecule has 0 radical (unpaired) electrons. The number of hydrogen-bond acceptors (Lipinski definition) is 0. The summed E-state index contributed by atoms with van der Waals surface area (Å²) in [5, 5.41) is 0. The van der Waals surface area contributed by atoms with Crippen LogP contribution < -0.4 is 29.6 Å². The van der Waals surface area contributed by atoms with Gasteiger partial charge in [-0.2, -0.15) is 0 Å². The van der Waals surface area contributed by atoms with E-state index in [1.807, 2.05) is 0 Å². The molecule has 0 spiro atoms. The Kier molecular flexibility index (Phi) is 22.7. The van der Waals surface area contributed by atoms with Crippen LogP contribution in [0, 0.1) is 0 Å². The van der Waals surface area contributed by atoms with Crippen molar-refractivity contribution < 1.29 is 35.5 Å². The van der Waals surface area contributed by atoms with Gasteiger partial charge in [0.2, 0.25) is 0 Å². The fourth-order valence-electron chi connectivity index (χ4n) is 3.89. The molecule has 1 rings (SSSR count). The van der Waals surface area contributed by atoms with Gasteiger partial charge in [-0.05, 0) is 12.8 Å². The Hall–Kier alpha value is 0.470. The quantitative estimate of drug-likeness (QED) is 0.182. The fraction of sp³-hybridized carbons (Fsp3) is 0.760. The van der Waals surface area contributed by atoms with Gasteiger partial charge in [0.05, 0.1) is 20.6 Å². The largest absolute Gasteiger partial charge is 1.00 e. The molecular weight excluding hydrogens is 373 g/mol. The van der Waals surface area contributed by atoms with E-state index in [1.165, 1.54) is 102 Å². The van der Waals surface area contributed by atoms with Crippen molar-refractivity contribution in [1.29, 1.82) is 0 Å². The van der Waals surface area contributed by atoms with E-state index < -0.39 is 0 Å². The van der Waals surface area contributed by atoms with Crippen LogP contribution in [0.3, 0.4) is 0 Å². The fourth-order valence-corrected chi connectivity index (χ4v) is 3.89. The first-order valence-corrected chi connectivity index (χ1v) is 11.5. The molecule has 0 atom stereocenters. The predicted octanol–water partition coefficient (Wildman–Crippen LogP) is 5.28. The second-order valence-corrected chi connectivity index (χ2v) is 8.90. The monoisotopic (exact) mass is 420 g/mol. The van der Waals surface area contributed by atoms with Crippen molar-refractivity contribution in [3.8, 4) is 0 Å². The van der Waals surface area contributed by atoms with Gasteiger partial charge in [0.25, 0.3) is 0 Å². The molecule has 0 aliphatic heterocycles. The van der Waals surface area contributed by atoms with Gasteiger partial charge in [-0.1, -0.05) is 114 Å². The maximum absolute atomic E-state index is 2.37. The van der Waals surface area contributed by atoms with Crippen LogP contribution in [0.4, 0.5) is 0 Å². The van der Waals surface area contributed by atoms with E-state index in [4.69, 9.17) is 0 Å². The van der Waals surface area contributed by atoms with Gasteiger partial charge < -0.3 is 5.91 Å². The minimum atomic E-state index is 0. The van der Waals surface area contributed by atoms with Crippen LogP contribution in [0.2, 0.25) is 0 Å². The first kappa shape index (κ1) is 30.7. The maximum Gasteiger partial charge on any atom is 1.00 e. The summed E-state index contributed by atoms with van der Waals surface area (Å²) in [5.74, 6) is 0. The molecule has 1 aromatic carbocycles. The van der Waals surface area contributed by atoms with Crippen LogP contribution in [-0.4, -0.2) is 25.1 Å². The summed E-state index contributed by atoms with van der Waals surface area (Å²) in [7, 11) is 4.74. The summed E-state index contributed by atoms with van der Waals surface area (Å²) in [5.41, 5.74) is 1.46. The van der Waals surface area contributed by atoms with E-state index >= 15 is 0 Å². The molecule has 1 nitrogen and oxygen atoms in total. The zero-order valence-corrected chi connectivity index (χ0v) is 22.4. The molecule has 0 unspecified atom stereocenters. The summed E-state index contributed by atoms with van der Waals surface area (Å²) in [6.07, 6.45) is 20.2. The Labute approximate surface area is 206 Å². The van der Waals surface area contributed by atoms with Crippen LogP contribution in [0.15, 0.2) is 30.3 Å². The molecule has 0 aliphatic carbocycles. The van der Waals surface area contributed by atoms with Gasteiger partial charge >= 0.3 is 29.6 Å². The van der Waals surface area contributed by atoms with Crippen LogP contribution in [0.1, 0.15) is 104 Å². The first-order valence-electron chi connectivity index (χ1n) is 11.5. The van der Waals surface area contributed by atoms with Crippen molar-refractivity contribution >= 4 is 12.4 Å². The molecular formula is C25H48ClNNa+. The van der Waals surface area contributed by atoms with E-state index in [9.17, 15) is 0 Å². The van der Waals surface area contributed by atoms with E-state index in [0.717, 1.165) is 11.0 Å². The molecule has 0 saturated heterocycles. The number of nitrogens with zero attached hydrogens (tertiary/aromatic N) is 1. The smallest absolute Gasteiger partial charge is 1.00 e. The Morgan fingerprint density at radius 1 is 0.643 bits per heavy atom. The van der Waals surface area contributed by atoms with Crippen LogP contribution in [-0.2, 0) is 6.54 Å².